The third-order valence-electron chi connectivity index (χ3n) is 2.67. The van der Waals surface area contributed by atoms with Gasteiger partial charge in [0.2, 0.25) is 0 Å². The first-order valence-electron chi connectivity index (χ1n) is 5.97. The van der Waals surface area contributed by atoms with Crippen molar-refractivity contribution in [3.05, 3.63) is 18.1 Å². The van der Waals surface area contributed by atoms with Gasteiger partial charge in [-0.2, -0.15) is 0 Å². The van der Waals surface area contributed by atoms with Gasteiger partial charge in [0.15, 0.2) is 11.5 Å². The molecule has 1 atom stereocenters. The highest BCUT2D eigenvalue weighted by molar-refractivity contribution is 5.96. The van der Waals surface area contributed by atoms with Crippen molar-refractivity contribution in [2.45, 2.75) is 32.7 Å². The zero-order chi connectivity index (χ0) is 13.8. The molecule has 1 unspecified atom stereocenters. The van der Waals surface area contributed by atoms with E-state index in [9.17, 15) is 4.79 Å². The molecular formula is C12H23Cl2N5O. The van der Waals surface area contributed by atoms with Crippen molar-refractivity contribution >= 4 is 36.5 Å². The summed E-state index contributed by atoms with van der Waals surface area (Å²) >= 11 is 0. The van der Waals surface area contributed by atoms with Crippen LogP contribution in [0.2, 0.25) is 0 Å². The smallest absolute Gasteiger partial charge is 0.274 e. The maximum atomic E-state index is 12.1. The molecule has 0 aliphatic rings. The standard InChI is InChI=1S/C12H21N5O.2ClH/c1-8(2)6-12(3,7-13)17-11(18)9-10(14)16-5-4-15-9;;/h4-5,8H,6-7,13H2,1-3H3,(H2,14,16)(H,17,18);2*1H. The summed E-state index contributed by atoms with van der Waals surface area (Å²) in [5.74, 6) is 0.214. The predicted octanol–water partition coefficient (Wildman–Crippen LogP) is 1.40. The molecule has 6 nitrogen and oxygen atoms in total. The van der Waals surface area contributed by atoms with Crippen molar-refractivity contribution in [2.75, 3.05) is 12.3 Å². The molecule has 1 aromatic heterocycles. The van der Waals surface area contributed by atoms with Crippen LogP contribution in [0.1, 0.15) is 37.7 Å². The van der Waals surface area contributed by atoms with Gasteiger partial charge in [0, 0.05) is 18.9 Å². The van der Waals surface area contributed by atoms with Crippen molar-refractivity contribution < 1.29 is 4.79 Å². The number of carbonyl (C=O) groups is 1. The molecule has 1 heterocycles. The maximum absolute atomic E-state index is 12.1. The van der Waals surface area contributed by atoms with Crippen molar-refractivity contribution in [3.63, 3.8) is 0 Å². The summed E-state index contributed by atoms with van der Waals surface area (Å²) in [4.78, 5) is 19.8. The van der Waals surface area contributed by atoms with E-state index in [1.807, 2.05) is 6.92 Å². The van der Waals surface area contributed by atoms with E-state index >= 15 is 0 Å². The Hall–Kier alpha value is -1.11. The number of hydrogen-bond donors (Lipinski definition) is 3. The fourth-order valence-electron chi connectivity index (χ4n) is 1.94. The Labute approximate surface area is 131 Å². The highest BCUT2D eigenvalue weighted by atomic mass is 35.5. The zero-order valence-electron chi connectivity index (χ0n) is 11.9. The van der Waals surface area contributed by atoms with Crippen molar-refractivity contribution in [3.8, 4) is 0 Å². The molecule has 1 aromatic rings. The van der Waals surface area contributed by atoms with Gasteiger partial charge in [-0.15, -0.1) is 24.8 Å². The number of amides is 1. The lowest BCUT2D eigenvalue weighted by Gasteiger charge is -2.31. The van der Waals surface area contributed by atoms with E-state index < -0.39 is 5.54 Å². The van der Waals surface area contributed by atoms with Crippen molar-refractivity contribution in [1.82, 2.24) is 15.3 Å². The minimum atomic E-state index is -0.463. The Morgan fingerprint density at radius 3 is 2.35 bits per heavy atom. The molecule has 0 radical (unpaired) electrons. The molecule has 0 bridgehead atoms. The average Bonchev–Trinajstić information content (AvgIpc) is 2.28. The molecule has 0 aromatic carbocycles. The van der Waals surface area contributed by atoms with E-state index in [1.165, 1.54) is 12.4 Å². The maximum Gasteiger partial charge on any atom is 0.274 e. The monoisotopic (exact) mass is 323 g/mol. The zero-order valence-corrected chi connectivity index (χ0v) is 13.6. The molecule has 0 saturated heterocycles. The van der Waals surface area contributed by atoms with Crippen LogP contribution < -0.4 is 16.8 Å². The highest BCUT2D eigenvalue weighted by Crippen LogP contribution is 2.16. The van der Waals surface area contributed by atoms with Crippen LogP contribution in [0, 0.1) is 5.92 Å². The number of nitrogens with one attached hydrogen (secondary N) is 1. The van der Waals surface area contributed by atoms with E-state index in [2.05, 4.69) is 29.1 Å². The topological polar surface area (TPSA) is 107 Å². The van der Waals surface area contributed by atoms with Crippen LogP contribution in [0.4, 0.5) is 5.82 Å². The largest absolute Gasteiger partial charge is 0.382 e. The number of anilines is 1. The number of rotatable bonds is 5. The molecule has 1 amide bonds. The first-order valence-corrected chi connectivity index (χ1v) is 5.97. The first kappa shape index (κ1) is 21.2. The van der Waals surface area contributed by atoms with Crippen LogP contribution in [-0.4, -0.2) is 28.0 Å². The normalized spacial score (nSPS) is 12.8. The molecule has 0 aliphatic heterocycles. The molecule has 116 valence electrons. The van der Waals surface area contributed by atoms with Gasteiger partial charge < -0.3 is 16.8 Å². The second kappa shape index (κ2) is 8.94. The van der Waals surface area contributed by atoms with Gasteiger partial charge in [0.05, 0.1) is 5.54 Å². The lowest BCUT2D eigenvalue weighted by Crippen LogP contribution is -2.52. The molecular weight excluding hydrogens is 301 g/mol. The Kier molecular flexibility index (Phi) is 9.48. The number of nitrogens with zero attached hydrogens (tertiary/aromatic N) is 2. The van der Waals surface area contributed by atoms with Crippen LogP contribution in [0.5, 0.6) is 0 Å². The van der Waals surface area contributed by atoms with Crippen molar-refractivity contribution in [2.24, 2.45) is 11.7 Å². The fraction of sp³-hybridized carbons (Fsp3) is 0.583. The van der Waals surface area contributed by atoms with Crippen molar-refractivity contribution in [1.29, 1.82) is 0 Å². The van der Waals surface area contributed by atoms with Gasteiger partial charge in [-0.1, -0.05) is 13.8 Å². The Balaban J connectivity index is 0. The summed E-state index contributed by atoms with van der Waals surface area (Å²) in [7, 11) is 0. The lowest BCUT2D eigenvalue weighted by molar-refractivity contribution is 0.0894. The van der Waals surface area contributed by atoms with Gasteiger partial charge in [0.1, 0.15) is 0 Å². The Morgan fingerprint density at radius 2 is 1.90 bits per heavy atom. The summed E-state index contributed by atoms with van der Waals surface area (Å²) in [6.45, 7) is 6.43. The summed E-state index contributed by atoms with van der Waals surface area (Å²) < 4.78 is 0. The summed E-state index contributed by atoms with van der Waals surface area (Å²) in [6, 6.07) is 0. The van der Waals surface area contributed by atoms with E-state index in [0.29, 0.717) is 12.5 Å². The second-order valence-corrected chi connectivity index (χ2v) is 5.11. The molecule has 0 spiro atoms. The minimum Gasteiger partial charge on any atom is -0.382 e. The SMILES string of the molecule is CC(C)CC(C)(CN)NC(=O)c1nccnc1N.Cl.Cl. The molecule has 5 N–H and O–H groups in total. The van der Waals surface area contributed by atoms with E-state index in [4.69, 9.17) is 11.5 Å². The van der Waals surface area contributed by atoms with E-state index in [-0.39, 0.29) is 42.2 Å². The molecule has 8 heteroatoms. The van der Waals surface area contributed by atoms with Gasteiger partial charge in [-0.25, -0.2) is 9.97 Å². The lowest BCUT2D eigenvalue weighted by atomic mass is 9.90. The Morgan fingerprint density at radius 1 is 1.35 bits per heavy atom. The van der Waals surface area contributed by atoms with Gasteiger partial charge in [-0.05, 0) is 19.3 Å². The molecule has 0 aliphatic carbocycles. The first-order chi connectivity index (χ1) is 8.38. The van der Waals surface area contributed by atoms with Gasteiger partial charge in [0.25, 0.3) is 5.91 Å². The number of carbonyl (C=O) groups excluding carboxylic acids is 1. The molecule has 1 rings (SSSR count). The van der Waals surface area contributed by atoms with E-state index in [1.54, 1.807) is 0 Å². The quantitative estimate of drug-likeness (QED) is 0.759. The number of nitrogen functional groups attached to an aromatic ring is 1. The van der Waals surface area contributed by atoms with Gasteiger partial charge in [-0.3, -0.25) is 4.79 Å². The molecule has 0 saturated carbocycles. The summed E-state index contributed by atoms with van der Waals surface area (Å²) in [6.07, 6.45) is 3.67. The van der Waals surface area contributed by atoms with Crippen LogP contribution in [-0.2, 0) is 0 Å². The summed E-state index contributed by atoms with van der Waals surface area (Å²) in [5.41, 5.74) is 11.0. The number of hydrogen-bond acceptors (Lipinski definition) is 5. The van der Waals surface area contributed by atoms with Crippen LogP contribution >= 0.6 is 24.8 Å². The number of halogens is 2. The Bertz CT molecular complexity index is 430. The van der Waals surface area contributed by atoms with Crippen LogP contribution in [0.25, 0.3) is 0 Å². The molecule has 0 fully saturated rings. The van der Waals surface area contributed by atoms with Crippen LogP contribution in [0.3, 0.4) is 0 Å². The minimum absolute atomic E-state index is 0. The predicted molar refractivity (Wildman–Crippen MR) is 85.3 cm³/mol. The average molecular weight is 324 g/mol. The number of aromatic nitrogens is 2. The fourth-order valence-corrected chi connectivity index (χ4v) is 1.94. The van der Waals surface area contributed by atoms with E-state index in [0.717, 1.165) is 6.42 Å². The molecule has 20 heavy (non-hydrogen) atoms. The third kappa shape index (κ3) is 5.90. The highest BCUT2D eigenvalue weighted by Gasteiger charge is 2.27. The third-order valence-corrected chi connectivity index (χ3v) is 2.67. The number of nitrogens with two attached hydrogens (primary N) is 2. The second-order valence-electron chi connectivity index (χ2n) is 5.11. The van der Waals surface area contributed by atoms with Crippen LogP contribution in [0.15, 0.2) is 12.4 Å². The van der Waals surface area contributed by atoms with Gasteiger partial charge >= 0.3 is 0 Å². The summed E-state index contributed by atoms with van der Waals surface area (Å²) in [5, 5.41) is 2.89.